The second kappa shape index (κ2) is 7.62. The number of amides is 2. The molecule has 3 atom stereocenters. The lowest BCUT2D eigenvalue weighted by atomic mass is 9.91. The van der Waals surface area contributed by atoms with Gasteiger partial charge >= 0.3 is 18.2 Å². The number of nitrogens with zero attached hydrogens (tertiary/aromatic N) is 2. The highest BCUT2D eigenvalue weighted by molar-refractivity contribution is 5.99. The Morgan fingerprint density at radius 1 is 1.10 bits per heavy atom. The third kappa shape index (κ3) is 3.83. The monoisotopic (exact) mass is 419 g/mol. The molecule has 30 heavy (non-hydrogen) atoms. The summed E-state index contributed by atoms with van der Waals surface area (Å²) in [5, 5.41) is 11.8. The number of alkyl halides is 3. The van der Waals surface area contributed by atoms with Crippen molar-refractivity contribution in [2.75, 3.05) is 18.4 Å². The van der Waals surface area contributed by atoms with E-state index in [4.69, 9.17) is 0 Å². The van der Waals surface area contributed by atoms with Crippen molar-refractivity contribution in [3.63, 3.8) is 0 Å². The summed E-state index contributed by atoms with van der Waals surface area (Å²) >= 11 is 0. The van der Waals surface area contributed by atoms with Crippen molar-refractivity contribution in [3.05, 3.63) is 59.4 Å². The summed E-state index contributed by atoms with van der Waals surface area (Å²) in [6.45, 7) is 0.878. The van der Waals surface area contributed by atoms with Crippen molar-refractivity contribution < 1.29 is 27.9 Å². The van der Waals surface area contributed by atoms with Gasteiger partial charge in [0, 0.05) is 25.5 Å². The minimum absolute atomic E-state index is 0.103. The average Bonchev–Trinajstić information content (AvgIpc) is 3.27. The molecule has 1 aromatic carbocycles. The first kappa shape index (κ1) is 20.2. The van der Waals surface area contributed by atoms with Crippen molar-refractivity contribution in [2.24, 2.45) is 11.8 Å². The number of carbonyl (C=O) groups is 2. The van der Waals surface area contributed by atoms with Crippen LogP contribution in [-0.2, 0) is 6.18 Å². The molecule has 2 fully saturated rings. The number of hydrogen-bond acceptors (Lipinski definition) is 3. The Labute approximate surface area is 170 Å². The number of pyridine rings is 1. The molecular formula is C21H20F3N3O3. The number of urea groups is 1. The predicted molar refractivity (Wildman–Crippen MR) is 102 cm³/mol. The van der Waals surface area contributed by atoms with E-state index >= 15 is 0 Å². The van der Waals surface area contributed by atoms with Crippen molar-refractivity contribution in [1.29, 1.82) is 0 Å². The number of carboxylic acid groups (broad SMARTS) is 1. The summed E-state index contributed by atoms with van der Waals surface area (Å²) in [6.07, 6.45) is -0.635. The molecule has 2 aromatic rings. The molecule has 1 aliphatic heterocycles. The Kier molecular flexibility index (Phi) is 5.13. The largest absolute Gasteiger partial charge is 0.478 e. The lowest BCUT2D eigenvalue weighted by Gasteiger charge is -2.22. The molecule has 2 amide bonds. The van der Waals surface area contributed by atoms with Crippen LogP contribution in [0, 0.1) is 11.8 Å². The topological polar surface area (TPSA) is 82.5 Å². The molecule has 9 heteroatoms. The van der Waals surface area contributed by atoms with Crippen LogP contribution in [-0.4, -0.2) is 40.1 Å². The van der Waals surface area contributed by atoms with E-state index < -0.39 is 23.7 Å². The maximum atomic E-state index is 13.3. The molecule has 0 radical (unpaired) electrons. The van der Waals surface area contributed by atoms with Crippen LogP contribution < -0.4 is 5.32 Å². The standard InChI is InChI=1S/C21H20F3N3O3/c22-21(23,24)17-4-2-1-3-15(17)12-7-13-10-27(11-14(13)8-12)20(30)26-18-5-6-25-9-16(18)19(28)29/h1-6,9,12-14H,7-8,10-11H2,(H,28,29)(H,25,26,30)/t12?,13-,14+. The number of aromatic nitrogens is 1. The van der Waals surface area contributed by atoms with Gasteiger partial charge in [-0.3, -0.25) is 4.98 Å². The summed E-state index contributed by atoms with van der Waals surface area (Å²) in [7, 11) is 0. The smallest absolute Gasteiger partial charge is 0.416 e. The van der Waals surface area contributed by atoms with E-state index in [0.717, 1.165) is 6.07 Å². The van der Waals surface area contributed by atoms with Gasteiger partial charge < -0.3 is 15.3 Å². The molecule has 4 rings (SSSR count). The zero-order valence-electron chi connectivity index (χ0n) is 15.9. The molecule has 2 heterocycles. The van der Waals surface area contributed by atoms with Crippen molar-refractivity contribution in [2.45, 2.75) is 24.9 Å². The molecule has 1 saturated carbocycles. The van der Waals surface area contributed by atoms with Crippen LogP contribution in [0.5, 0.6) is 0 Å². The van der Waals surface area contributed by atoms with Crippen molar-refractivity contribution in [1.82, 2.24) is 9.88 Å². The van der Waals surface area contributed by atoms with E-state index in [9.17, 15) is 27.9 Å². The van der Waals surface area contributed by atoms with Gasteiger partial charge in [0.05, 0.1) is 11.3 Å². The summed E-state index contributed by atoms with van der Waals surface area (Å²) in [5.41, 5.74) is -0.188. The van der Waals surface area contributed by atoms with Crippen molar-refractivity contribution >= 4 is 17.7 Å². The summed E-state index contributed by atoms with van der Waals surface area (Å²) in [4.78, 5) is 29.2. The average molecular weight is 419 g/mol. The Balaban J connectivity index is 1.42. The van der Waals surface area contributed by atoms with Crippen LogP contribution in [0.4, 0.5) is 23.7 Å². The molecule has 6 nitrogen and oxygen atoms in total. The summed E-state index contributed by atoms with van der Waals surface area (Å²) < 4.78 is 40.0. The van der Waals surface area contributed by atoms with Gasteiger partial charge in [-0.15, -0.1) is 0 Å². The first-order valence-corrected chi connectivity index (χ1v) is 9.63. The SMILES string of the molecule is O=C(O)c1cnccc1NC(=O)N1C[C@H]2CC(c3ccccc3C(F)(F)F)C[C@H]2C1. The maximum absolute atomic E-state index is 13.3. The quantitative estimate of drug-likeness (QED) is 0.770. The van der Waals surface area contributed by atoms with Crippen LogP contribution >= 0.6 is 0 Å². The second-order valence-electron chi connectivity index (χ2n) is 7.84. The predicted octanol–water partition coefficient (Wildman–Crippen LogP) is 4.46. The van der Waals surface area contributed by atoms with Gasteiger partial charge in [0.15, 0.2) is 0 Å². The molecule has 1 aliphatic carbocycles. The number of anilines is 1. The van der Waals surface area contributed by atoms with E-state index in [-0.39, 0.29) is 29.0 Å². The molecular weight excluding hydrogens is 399 g/mol. The number of fused-ring (bicyclic) bond motifs is 1. The van der Waals surface area contributed by atoms with E-state index in [0.29, 0.717) is 31.5 Å². The summed E-state index contributed by atoms with van der Waals surface area (Å²) in [6, 6.07) is 6.72. The van der Waals surface area contributed by atoms with Crippen molar-refractivity contribution in [3.8, 4) is 0 Å². The lowest BCUT2D eigenvalue weighted by molar-refractivity contribution is -0.138. The number of nitrogens with one attached hydrogen (secondary N) is 1. The molecule has 1 saturated heterocycles. The number of carboxylic acids is 1. The molecule has 158 valence electrons. The number of benzene rings is 1. The minimum atomic E-state index is -4.38. The third-order valence-corrected chi connectivity index (χ3v) is 6.04. The van der Waals surface area contributed by atoms with E-state index in [1.165, 1.54) is 24.5 Å². The zero-order valence-corrected chi connectivity index (χ0v) is 15.9. The number of rotatable bonds is 3. The van der Waals surface area contributed by atoms with Gasteiger partial charge in [0.1, 0.15) is 5.56 Å². The normalized spacial score (nSPS) is 23.3. The fraction of sp³-hybridized carbons (Fsp3) is 0.381. The number of carbonyl (C=O) groups excluding carboxylic acids is 1. The Morgan fingerprint density at radius 3 is 2.40 bits per heavy atom. The Morgan fingerprint density at radius 2 is 1.77 bits per heavy atom. The number of likely N-dealkylation sites (tertiary alicyclic amines) is 1. The maximum Gasteiger partial charge on any atom is 0.416 e. The lowest BCUT2D eigenvalue weighted by Crippen LogP contribution is -2.34. The fourth-order valence-corrected chi connectivity index (χ4v) is 4.70. The number of aromatic carboxylic acids is 1. The highest BCUT2D eigenvalue weighted by Crippen LogP contribution is 2.48. The number of halogens is 3. The van der Waals surface area contributed by atoms with Gasteiger partial charge in [0.25, 0.3) is 0 Å². The summed E-state index contributed by atoms with van der Waals surface area (Å²) in [5.74, 6) is -1.12. The zero-order chi connectivity index (χ0) is 21.5. The third-order valence-electron chi connectivity index (χ3n) is 6.04. The molecule has 0 spiro atoms. The van der Waals surface area contributed by atoms with Crippen LogP contribution in [0.15, 0.2) is 42.7 Å². The first-order chi connectivity index (χ1) is 14.2. The van der Waals surface area contributed by atoms with E-state index in [2.05, 4.69) is 10.3 Å². The highest BCUT2D eigenvalue weighted by atomic mass is 19.4. The molecule has 1 aromatic heterocycles. The van der Waals surface area contributed by atoms with E-state index in [1.54, 1.807) is 17.0 Å². The van der Waals surface area contributed by atoms with Crippen LogP contribution in [0.2, 0.25) is 0 Å². The van der Waals surface area contributed by atoms with Gasteiger partial charge in [-0.2, -0.15) is 13.2 Å². The van der Waals surface area contributed by atoms with Crippen LogP contribution in [0.1, 0.15) is 40.2 Å². The van der Waals surface area contributed by atoms with Crippen LogP contribution in [0.3, 0.4) is 0 Å². The van der Waals surface area contributed by atoms with Crippen LogP contribution in [0.25, 0.3) is 0 Å². The van der Waals surface area contributed by atoms with Gasteiger partial charge in [-0.1, -0.05) is 18.2 Å². The molecule has 0 bridgehead atoms. The number of hydrogen-bond donors (Lipinski definition) is 2. The molecule has 2 N–H and O–H groups in total. The Bertz CT molecular complexity index is 965. The molecule has 1 unspecified atom stereocenters. The second-order valence-corrected chi connectivity index (χ2v) is 7.84. The minimum Gasteiger partial charge on any atom is -0.478 e. The van der Waals surface area contributed by atoms with Gasteiger partial charge in [-0.05, 0) is 48.3 Å². The highest BCUT2D eigenvalue weighted by Gasteiger charge is 2.45. The Hall–Kier alpha value is -3.10. The van der Waals surface area contributed by atoms with Gasteiger partial charge in [-0.25, -0.2) is 9.59 Å². The van der Waals surface area contributed by atoms with E-state index in [1.807, 2.05) is 0 Å². The molecule has 2 aliphatic rings. The fourth-order valence-electron chi connectivity index (χ4n) is 4.70. The first-order valence-electron chi connectivity index (χ1n) is 9.63. The van der Waals surface area contributed by atoms with Gasteiger partial charge in [0.2, 0.25) is 0 Å².